The summed E-state index contributed by atoms with van der Waals surface area (Å²) in [5, 5.41) is 0. The van der Waals surface area contributed by atoms with Crippen molar-refractivity contribution in [3.8, 4) is 11.5 Å². The maximum absolute atomic E-state index is 5.35. The molecule has 0 unspecified atom stereocenters. The van der Waals surface area contributed by atoms with Crippen molar-refractivity contribution in [3.63, 3.8) is 0 Å². The third-order valence-electron chi connectivity index (χ3n) is 3.00. The van der Waals surface area contributed by atoms with E-state index in [1.807, 2.05) is 24.4 Å². The predicted octanol–water partition coefficient (Wildman–Crippen LogP) is 4.07. The fourth-order valence-corrected chi connectivity index (χ4v) is 2.09. The lowest BCUT2D eigenvalue weighted by molar-refractivity contribution is 0.394. The molecule has 0 heterocycles. The van der Waals surface area contributed by atoms with Crippen LogP contribution in [0.15, 0.2) is 41.4 Å². The molecule has 0 amide bonds. The van der Waals surface area contributed by atoms with E-state index in [4.69, 9.17) is 9.47 Å². The molecular weight excluding hydrogens is 250 g/mol. The van der Waals surface area contributed by atoms with Gasteiger partial charge in [0.2, 0.25) is 0 Å². The number of methoxy groups -OCH3 is 2. The van der Waals surface area contributed by atoms with Crippen LogP contribution in [0.3, 0.4) is 0 Å². The monoisotopic (exact) mass is 269 g/mol. The Balaban J connectivity index is 2.31. The molecule has 0 aromatic heterocycles. The van der Waals surface area contributed by atoms with Gasteiger partial charge in [0.1, 0.15) is 11.5 Å². The van der Waals surface area contributed by atoms with Crippen LogP contribution in [0.5, 0.6) is 11.5 Å². The van der Waals surface area contributed by atoms with Crippen molar-refractivity contribution >= 4 is 11.9 Å². The van der Waals surface area contributed by atoms with Crippen LogP contribution in [0.25, 0.3) is 0 Å². The van der Waals surface area contributed by atoms with Gasteiger partial charge < -0.3 is 9.47 Å². The summed E-state index contributed by atoms with van der Waals surface area (Å²) in [6.45, 7) is 4.14. The number of hydrogen-bond donors (Lipinski definition) is 0. The summed E-state index contributed by atoms with van der Waals surface area (Å²) in [6, 6.07) is 11.9. The molecule has 0 fully saturated rings. The number of nitrogens with zero attached hydrogens (tertiary/aromatic N) is 1. The highest BCUT2D eigenvalue weighted by Gasteiger charge is 2.02. The van der Waals surface area contributed by atoms with Gasteiger partial charge in [-0.15, -0.1) is 0 Å². The zero-order chi connectivity index (χ0) is 14.5. The van der Waals surface area contributed by atoms with E-state index < -0.39 is 0 Å². The van der Waals surface area contributed by atoms with Crippen molar-refractivity contribution in [2.45, 2.75) is 13.8 Å². The van der Waals surface area contributed by atoms with Crippen LogP contribution >= 0.6 is 0 Å². The number of hydrogen-bond acceptors (Lipinski definition) is 3. The summed E-state index contributed by atoms with van der Waals surface area (Å²) in [5.41, 5.74) is 4.28. The van der Waals surface area contributed by atoms with Crippen LogP contribution in [-0.2, 0) is 0 Å². The SMILES string of the molecule is COc1ccc(C=Nc2cc(C)cc(C)c2)c(OC)c1. The van der Waals surface area contributed by atoms with E-state index in [1.54, 1.807) is 14.2 Å². The smallest absolute Gasteiger partial charge is 0.131 e. The van der Waals surface area contributed by atoms with Gasteiger partial charge >= 0.3 is 0 Å². The van der Waals surface area contributed by atoms with Crippen LogP contribution in [0.4, 0.5) is 5.69 Å². The summed E-state index contributed by atoms with van der Waals surface area (Å²) >= 11 is 0. The van der Waals surface area contributed by atoms with Gasteiger partial charge in [-0.1, -0.05) is 6.07 Å². The van der Waals surface area contributed by atoms with E-state index >= 15 is 0 Å². The Hall–Kier alpha value is -2.29. The number of aliphatic imine (C=N–C) groups is 1. The molecule has 0 aliphatic rings. The Bertz CT molecular complexity index is 613. The Labute approximate surface area is 119 Å². The Morgan fingerprint density at radius 2 is 1.60 bits per heavy atom. The average molecular weight is 269 g/mol. The van der Waals surface area contributed by atoms with E-state index in [0.717, 1.165) is 22.7 Å². The summed E-state index contributed by atoms with van der Waals surface area (Å²) in [4.78, 5) is 4.52. The Kier molecular flexibility index (Phi) is 4.41. The summed E-state index contributed by atoms with van der Waals surface area (Å²) < 4.78 is 10.5. The van der Waals surface area contributed by atoms with Crippen molar-refractivity contribution in [1.29, 1.82) is 0 Å². The maximum atomic E-state index is 5.35. The molecule has 0 atom stereocenters. The number of ether oxygens (including phenoxy) is 2. The highest BCUT2D eigenvalue weighted by atomic mass is 16.5. The van der Waals surface area contributed by atoms with E-state index in [2.05, 4.69) is 37.0 Å². The van der Waals surface area contributed by atoms with Gasteiger partial charge in [0, 0.05) is 17.8 Å². The molecule has 20 heavy (non-hydrogen) atoms. The van der Waals surface area contributed by atoms with Gasteiger partial charge in [-0.25, -0.2) is 0 Å². The van der Waals surface area contributed by atoms with Crippen molar-refractivity contribution in [1.82, 2.24) is 0 Å². The summed E-state index contributed by atoms with van der Waals surface area (Å²) in [7, 11) is 3.28. The minimum absolute atomic E-state index is 0.748. The van der Waals surface area contributed by atoms with Crippen LogP contribution in [0, 0.1) is 13.8 Å². The van der Waals surface area contributed by atoms with Crippen molar-refractivity contribution in [2.24, 2.45) is 4.99 Å². The second-order valence-electron chi connectivity index (χ2n) is 4.71. The first-order valence-electron chi connectivity index (χ1n) is 6.47. The van der Waals surface area contributed by atoms with Gasteiger partial charge in [0.25, 0.3) is 0 Å². The molecule has 0 radical (unpaired) electrons. The lowest BCUT2D eigenvalue weighted by Gasteiger charge is -2.07. The quantitative estimate of drug-likeness (QED) is 0.783. The number of aryl methyl sites for hydroxylation is 2. The van der Waals surface area contributed by atoms with E-state index in [0.29, 0.717) is 0 Å². The summed E-state index contributed by atoms with van der Waals surface area (Å²) in [6.07, 6.45) is 1.81. The van der Waals surface area contributed by atoms with Gasteiger partial charge in [-0.3, -0.25) is 4.99 Å². The highest BCUT2D eigenvalue weighted by Crippen LogP contribution is 2.24. The third kappa shape index (κ3) is 3.38. The van der Waals surface area contributed by atoms with E-state index in [1.165, 1.54) is 11.1 Å². The Morgan fingerprint density at radius 1 is 0.900 bits per heavy atom. The van der Waals surface area contributed by atoms with Crippen molar-refractivity contribution in [2.75, 3.05) is 14.2 Å². The van der Waals surface area contributed by atoms with Gasteiger partial charge in [-0.2, -0.15) is 0 Å². The first-order valence-corrected chi connectivity index (χ1v) is 6.47. The topological polar surface area (TPSA) is 30.8 Å². The second-order valence-corrected chi connectivity index (χ2v) is 4.71. The summed E-state index contributed by atoms with van der Waals surface area (Å²) in [5.74, 6) is 1.52. The molecule has 2 aromatic rings. The molecular formula is C17H19NO2. The van der Waals surface area contributed by atoms with Gasteiger partial charge in [0.15, 0.2) is 0 Å². The minimum Gasteiger partial charge on any atom is -0.497 e. The first kappa shape index (κ1) is 14.1. The normalized spacial score (nSPS) is 10.8. The standard InChI is InChI=1S/C17H19NO2/c1-12-7-13(2)9-15(8-12)18-11-14-5-6-16(19-3)10-17(14)20-4/h5-11H,1-4H3. The number of rotatable bonds is 4. The fourth-order valence-electron chi connectivity index (χ4n) is 2.09. The van der Waals surface area contributed by atoms with Crippen LogP contribution in [0.2, 0.25) is 0 Å². The lowest BCUT2D eigenvalue weighted by Crippen LogP contribution is -1.92. The average Bonchev–Trinajstić information content (AvgIpc) is 2.44. The third-order valence-corrected chi connectivity index (χ3v) is 3.00. The Morgan fingerprint density at radius 3 is 2.20 bits per heavy atom. The first-order chi connectivity index (χ1) is 9.62. The molecule has 0 saturated heterocycles. The highest BCUT2D eigenvalue weighted by molar-refractivity contribution is 5.85. The molecule has 0 saturated carbocycles. The molecule has 0 aliphatic heterocycles. The van der Waals surface area contributed by atoms with E-state index in [9.17, 15) is 0 Å². The van der Waals surface area contributed by atoms with E-state index in [-0.39, 0.29) is 0 Å². The van der Waals surface area contributed by atoms with Crippen LogP contribution < -0.4 is 9.47 Å². The fraction of sp³-hybridized carbons (Fsp3) is 0.235. The van der Waals surface area contributed by atoms with Crippen LogP contribution in [-0.4, -0.2) is 20.4 Å². The van der Waals surface area contributed by atoms with Crippen LogP contribution in [0.1, 0.15) is 16.7 Å². The zero-order valence-corrected chi connectivity index (χ0v) is 12.3. The van der Waals surface area contributed by atoms with Gasteiger partial charge in [-0.05, 0) is 49.2 Å². The predicted molar refractivity (Wildman–Crippen MR) is 82.7 cm³/mol. The largest absolute Gasteiger partial charge is 0.497 e. The van der Waals surface area contributed by atoms with Crippen molar-refractivity contribution in [3.05, 3.63) is 53.1 Å². The molecule has 0 aliphatic carbocycles. The maximum Gasteiger partial charge on any atom is 0.131 e. The second kappa shape index (κ2) is 6.24. The number of benzene rings is 2. The molecule has 3 nitrogen and oxygen atoms in total. The lowest BCUT2D eigenvalue weighted by atomic mass is 10.1. The molecule has 2 aromatic carbocycles. The molecule has 104 valence electrons. The molecule has 2 rings (SSSR count). The molecule has 3 heteroatoms. The zero-order valence-electron chi connectivity index (χ0n) is 12.3. The molecule has 0 N–H and O–H groups in total. The molecule has 0 spiro atoms. The molecule has 0 bridgehead atoms. The van der Waals surface area contributed by atoms with Gasteiger partial charge in [0.05, 0.1) is 19.9 Å². The van der Waals surface area contributed by atoms with Crippen molar-refractivity contribution < 1.29 is 9.47 Å². The minimum atomic E-state index is 0.748.